The zero-order valence-corrected chi connectivity index (χ0v) is 11.6. The number of nitrogen functional groups attached to an aromatic ring is 1. The number of pyridine rings is 1. The Labute approximate surface area is 118 Å². The largest absolute Gasteiger partial charge is 0.345 e. The van der Waals surface area contributed by atoms with Crippen LogP contribution in [-0.2, 0) is 0 Å². The second-order valence-electron chi connectivity index (χ2n) is 4.67. The van der Waals surface area contributed by atoms with Crippen LogP contribution in [0.25, 0.3) is 0 Å². The van der Waals surface area contributed by atoms with Gasteiger partial charge in [-0.25, -0.2) is 0 Å². The maximum absolute atomic E-state index is 12.3. The molecule has 1 unspecified atom stereocenters. The van der Waals surface area contributed by atoms with Gasteiger partial charge in [-0.05, 0) is 49.2 Å². The number of hydrogen-bond donors (Lipinski definition) is 3. The first-order chi connectivity index (χ1) is 9.61. The van der Waals surface area contributed by atoms with Gasteiger partial charge in [0.2, 0.25) is 0 Å². The first-order valence-corrected chi connectivity index (χ1v) is 6.40. The molecule has 1 heterocycles. The summed E-state index contributed by atoms with van der Waals surface area (Å²) in [4.78, 5) is 16.3. The number of nitrogens with one attached hydrogen (secondary N) is 2. The van der Waals surface area contributed by atoms with Gasteiger partial charge in [-0.2, -0.15) is 0 Å². The van der Waals surface area contributed by atoms with E-state index in [9.17, 15) is 4.79 Å². The van der Waals surface area contributed by atoms with Gasteiger partial charge in [0.25, 0.3) is 5.91 Å². The van der Waals surface area contributed by atoms with E-state index in [1.54, 1.807) is 18.5 Å². The van der Waals surface area contributed by atoms with Gasteiger partial charge in [0, 0.05) is 12.4 Å². The van der Waals surface area contributed by atoms with Gasteiger partial charge in [0.15, 0.2) is 0 Å². The number of nitrogens with zero attached hydrogens (tertiary/aromatic N) is 1. The van der Waals surface area contributed by atoms with E-state index in [0.29, 0.717) is 11.3 Å². The SMILES string of the molecule is Cc1ccc(C(=O)NC(C)c2ccncc2)c(NN)c1. The predicted octanol–water partition coefficient (Wildman–Crippen LogP) is 2.17. The standard InChI is InChI=1S/C15H18N4O/c1-10-3-4-13(14(9-10)19-16)15(20)18-11(2)12-5-7-17-8-6-12/h3-9,11,19H,16H2,1-2H3,(H,18,20). The van der Waals surface area contributed by atoms with Crippen LogP contribution in [0.2, 0.25) is 0 Å². The minimum atomic E-state index is -0.165. The van der Waals surface area contributed by atoms with Gasteiger partial charge in [-0.15, -0.1) is 0 Å². The maximum atomic E-state index is 12.3. The third-order valence-corrected chi connectivity index (χ3v) is 3.13. The van der Waals surface area contributed by atoms with Crippen molar-refractivity contribution in [2.75, 3.05) is 5.43 Å². The molecule has 5 heteroatoms. The van der Waals surface area contributed by atoms with Crippen molar-refractivity contribution < 1.29 is 4.79 Å². The van der Waals surface area contributed by atoms with Crippen molar-refractivity contribution in [2.45, 2.75) is 19.9 Å². The lowest BCUT2D eigenvalue weighted by atomic mass is 10.1. The summed E-state index contributed by atoms with van der Waals surface area (Å²) < 4.78 is 0. The average Bonchev–Trinajstić information content (AvgIpc) is 2.47. The summed E-state index contributed by atoms with van der Waals surface area (Å²) in [5.74, 6) is 5.30. The Morgan fingerprint density at radius 3 is 2.60 bits per heavy atom. The molecule has 104 valence electrons. The van der Waals surface area contributed by atoms with Crippen LogP contribution in [0.4, 0.5) is 5.69 Å². The van der Waals surface area contributed by atoms with E-state index in [1.165, 1.54) is 0 Å². The molecule has 2 aromatic rings. The Morgan fingerprint density at radius 2 is 1.95 bits per heavy atom. The summed E-state index contributed by atoms with van der Waals surface area (Å²) in [6, 6.07) is 9.14. The summed E-state index contributed by atoms with van der Waals surface area (Å²) in [6.45, 7) is 3.87. The molecule has 0 bridgehead atoms. The van der Waals surface area contributed by atoms with E-state index < -0.39 is 0 Å². The van der Waals surface area contributed by atoms with Crippen LogP contribution < -0.4 is 16.6 Å². The highest BCUT2D eigenvalue weighted by molar-refractivity contribution is 5.99. The van der Waals surface area contributed by atoms with E-state index in [2.05, 4.69) is 15.7 Å². The maximum Gasteiger partial charge on any atom is 0.253 e. The van der Waals surface area contributed by atoms with Crippen LogP contribution in [0.15, 0.2) is 42.7 Å². The molecule has 0 aliphatic carbocycles. The number of aromatic nitrogens is 1. The van der Waals surface area contributed by atoms with E-state index in [4.69, 9.17) is 5.84 Å². The molecule has 0 saturated heterocycles. The summed E-state index contributed by atoms with van der Waals surface area (Å²) in [5.41, 5.74) is 5.74. The predicted molar refractivity (Wildman–Crippen MR) is 79.1 cm³/mol. The average molecular weight is 270 g/mol. The molecular weight excluding hydrogens is 252 g/mol. The third kappa shape index (κ3) is 3.13. The van der Waals surface area contributed by atoms with Crippen LogP contribution in [-0.4, -0.2) is 10.9 Å². The van der Waals surface area contributed by atoms with Crippen molar-refractivity contribution in [1.29, 1.82) is 0 Å². The molecular formula is C15H18N4O. The molecule has 5 nitrogen and oxygen atoms in total. The van der Waals surface area contributed by atoms with Gasteiger partial charge >= 0.3 is 0 Å². The van der Waals surface area contributed by atoms with Gasteiger partial charge in [0.1, 0.15) is 0 Å². The molecule has 20 heavy (non-hydrogen) atoms. The minimum absolute atomic E-state index is 0.0996. The fourth-order valence-electron chi connectivity index (χ4n) is 1.99. The number of amides is 1. The van der Waals surface area contributed by atoms with E-state index in [1.807, 2.05) is 38.1 Å². The fraction of sp³-hybridized carbons (Fsp3) is 0.200. The van der Waals surface area contributed by atoms with Gasteiger partial charge in [-0.3, -0.25) is 15.6 Å². The molecule has 0 radical (unpaired) electrons. The Morgan fingerprint density at radius 1 is 1.25 bits per heavy atom. The summed E-state index contributed by atoms with van der Waals surface area (Å²) in [6.07, 6.45) is 3.41. The monoisotopic (exact) mass is 270 g/mol. The molecule has 0 fully saturated rings. The van der Waals surface area contributed by atoms with Crippen LogP contribution >= 0.6 is 0 Å². The number of carbonyl (C=O) groups excluding carboxylic acids is 1. The Kier molecular flexibility index (Phi) is 4.32. The summed E-state index contributed by atoms with van der Waals surface area (Å²) in [5, 5.41) is 2.94. The van der Waals surface area contributed by atoms with E-state index >= 15 is 0 Å². The van der Waals surface area contributed by atoms with E-state index in [-0.39, 0.29) is 11.9 Å². The fourth-order valence-corrected chi connectivity index (χ4v) is 1.99. The quantitative estimate of drug-likeness (QED) is 0.587. The van der Waals surface area contributed by atoms with E-state index in [0.717, 1.165) is 11.1 Å². The van der Waals surface area contributed by atoms with Gasteiger partial charge < -0.3 is 10.7 Å². The molecule has 1 aromatic carbocycles. The Hall–Kier alpha value is -2.40. The van der Waals surface area contributed by atoms with Crippen LogP contribution in [0.3, 0.4) is 0 Å². The molecule has 0 aliphatic heterocycles. The molecule has 4 N–H and O–H groups in total. The van der Waals surface area contributed by atoms with Gasteiger partial charge in [0.05, 0.1) is 17.3 Å². The highest BCUT2D eigenvalue weighted by atomic mass is 16.1. The summed E-state index contributed by atoms with van der Waals surface area (Å²) >= 11 is 0. The Balaban J connectivity index is 2.16. The molecule has 1 atom stereocenters. The van der Waals surface area contributed by atoms with Crippen molar-refractivity contribution in [3.05, 3.63) is 59.4 Å². The molecule has 1 aromatic heterocycles. The molecule has 2 rings (SSSR count). The van der Waals surface area contributed by atoms with Crippen molar-refractivity contribution in [1.82, 2.24) is 10.3 Å². The van der Waals surface area contributed by atoms with Crippen LogP contribution in [0, 0.1) is 6.92 Å². The highest BCUT2D eigenvalue weighted by Gasteiger charge is 2.14. The molecule has 0 aliphatic rings. The van der Waals surface area contributed by atoms with Crippen LogP contribution in [0.1, 0.15) is 34.5 Å². The zero-order valence-electron chi connectivity index (χ0n) is 11.6. The third-order valence-electron chi connectivity index (χ3n) is 3.13. The first kappa shape index (κ1) is 14.0. The summed E-state index contributed by atoms with van der Waals surface area (Å²) in [7, 11) is 0. The number of rotatable bonds is 4. The van der Waals surface area contributed by atoms with Crippen molar-refractivity contribution in [3.8, 4) is 0 Å². The first-order valence-electron chi connectivity index (χ1n) is 6.40. The normalized spacial score (nSPS) is 11.8. The number of carbonyl (C=O) groups is 1. The topological polar surface area (TPSA) is 80.0 Å². The molecule has 0 spiro atoms. The minimum Gasteiger partial charge on any atom is -0.345 e. The van der Waals surface area contributed by atoms with Crippen molar-refractivity contribution in [2.24, 2.45) is 5.84 Å². The second-order valence-corrected chi connectivity index (χ2v) is 4.67. The number of hydrogen-bond acceptors (Lipinski definition) is 4. The van der Waals surface area contributed by atoms with Gasteiger partial charge in [-0.1, -0.05) is 6.07 Å². The Bertz CT molecular complexity index is 598. The second kappa shape index (κ2) is 6.16. The number of aryl methyl sites for hydroxylation is 1. The number of benzene rings is 1. The lowest BCUT2D eigenvalue weighted by molar-refractivity contribution is 0.0940. The highest BCUT2D eigenvalue weighted by Crippen LogP contribution is 2.18. The van der Waals surface area contributed by atoms with Crippen molar-refractivity contribution >= 4 is 11.6 Å². The molecule has 1 amide bonds. The number of nitrogens with two attached hydrogens (primary N) is 1. The zero-order chi connectivity index (χ0) is 14.5. The lowest BCUT2D eigenvalue weighted by Gasteiger charge is -2.16. The lowest BCUT2D eigenvalue weighted by Crippen LogP contribution is -2.28. The number of hydrazine groups is 1. The van der Waals surface area contributed by atoms with Crippen molar-refractivity contribution in [3.63, 3.8) is 0 Å². The molecule has 0 saturated carbocycles. The van der Waals surface area contributed by atoms with Crippen LogP contribution in [0.5, 0.6) is 0 Å². The smallest absolute Gasteiger partial charge is 0.253 e. The number of anilines is 1.